The lowest BCUT2D eigenvalue weighted by Crippen LogP contribution is -2.28. The predicted molar refractivity (Wildman–Crippen MR) is 66.2 cm³/mol. The topological polar surface area (TPSA) is 42.1 Å². The van der Waals surface area contributed by atoms with Crippen molar-refractivity contribution in [2.75, 3.05) is 29.5 Å². The Hall–Kier alpha value is -0.810. The summed E-state index contributed by atoms with van der Waals surface area (Å²) in [6.07, 6.45) is 2.42. The maximum Gasteiger partial charge on any atom is 0.141 e. The first-order valence-corrected chi connectivity index (χ1v) is 6.64. The van der Waals surface area contributed by atoms with Gasteiger partial charge in [0, 0.05) is 31.0 Å². The highest BCUT2D eigenvalue weighted by molar-refractivity contribution is 7.99. The van der Waals surface area contributed by atoms with Gasteiger partial charge in [-0.05, 0) is 18.2 Å². The summed E-state index contributed by atoms with van der Waals surface area (Å²) < 4.78 is 13.0. The molecule has 16 heavy (non-hydrogen) atoms. The summed E-state index contributed by atoms with van der Waals surface area (Å²) in [6.45, 7) is 2.29. The second kappa shape index (κ2) is 5.50. The van der Waals surface area contributed by atoms with Crippen molar-refractivity contribution in [2.24, 2.45) is 5.73 Å². The van der Waals surface area contributed by atoms with Gasteiger partial charge < -0.3 is 10.6 Å². The first-order chi connectivity index (χ1) is 7.81. The van der Waals surface area contributed by atoms with Gasteiger partial charge in [0.05, 0.1) is 6.20 Å². The van der Waals surface area contributed by atoms with Crippen molar-refractivity contribution in [3.05, 3.63) is 23.6 Å². The lowest BCUT2D eigenvalue weighted by molar-refractivity contribution is 0.617. The van der Waals surface area contributed by atoms with Gasteiger partial charge in [-0.2, -0.15) is 11.8 Å². The van der Waals surface area contributed by atoms with E-state index in [9.17, 15) is 4.39 Å². The Labute approximate surface area is 99.2 Å². The zero-order valence-corrected chi connectivity index (χ0v) is 9.97. The molecule has 2 N–H and O–H groups in total. The quantitative estimate of drug-likeness (QED) is 0.854. The molecule has 0 aliphatic carbocycles. The van der Waals surface area contributed by atoms with Gasteiger partial charge in [0.25, 0.3) is 0 Å². The first kappa shape index (κ1) is 11.7. The van der Waals surface area contributed by atoms with Crippen LogP contribution in [0.4, 0.5) is 10.2 Å². The Kier molecular flexibility index (Phi) is 4.01. The Bertz CT molecular complexity index is 351. The molecule has 2 heterocycles. The molecule has 1 fully saturated rings. The molecule has 0 bridgehead atoms. The highest BCUT2D eigenvalue weighted by atomic mass is 32.2. The molecule has 0 saturated carbocycles. The van der Waals surface area contributed by atoms with Crippen LogP contribution >= 0.6 is 11.8 Å². The second-order valence-corrected chi connectivity index (χ2v) is 5.02. The lowest BCUT2D eigenvalue weighted by Gasteiger charge is -2.23. The Balaban J connectivity index is 2.23. The van der Waals surface area contributed by atoms with E-state index in [-0.39, 0.29) is 5.82 Å². The number of anilines is 1. The zero-order chi connectivity index (χ0) is 11.4. The minimum absolute atomic E-state index is 0.312. The number of nitrogens with zero attached hydrogens (tertiary/aromatic N) is 2. The van der Waals surface area contributed by atoms with E-state index in [1.807, 2.05) is 11.8 Å². The summed E-state index contributed by atoms with van der Waals surface area (Å²) in [5.41, 5.74) is 6.42. The third-order valence-electron chi connectivity index (χ3n) is 2.65. The first-order valence-electron chi connectivity index (χ1n) is 5.48. The molecule has 0 spiro atoms. The molecule has 1 aromatic heterocycles. The number of pyridine rings is 1. The third-order valence-corrected chi connectivity index (χ3v) is 3.70. The largest absolute Gasteiger partial charge is 0.355 e. The van der Waals surface area contributed by atoms with Gasteiger partial charge in [0.1, 0.15) is 11.6 Å². The zero-order valence-electron chi connectivity index (χ0n) is 9.16. The number of thioether (sulfide) groups is 1. The summed E-state index contributed by atoms with van der Waals surface area (Å²) in [5, 5.41) is 0. The fraction of sp³-hybridized carbons (Fsp3) is 0.545. The maximum atomic E-state index is 13.0. The molecule has 1 aromatic rings. The highest BCUT2D eigenvalue weighted by Crippen LogP contribution is 2.21. The van der Waals surface area contributed by atoms with Crippen molar-refractivity contribution in [3.63, 3.8) is 0 Å². The van der Waals surface area contributed by atoms with Gasteiger partial charge in [0.2, 0.25) is 0 Å². The minimum Gasteiger partial charge on any atom is -0.355 e. The van der Waals surface area contributed by atoms with Gasteiger partial charge in [0.15, 0.2) is 0 Å². The van der Waals surface area contributed by atoms with E-state index < -0.39 is 0 Å². The summed E-state index contributed by atoms with van der Waals surface area (Å²) in [4.78, 5) is 6.39. The summed E-state index contributed by atoms with van der Waals surface area (Å²) >= 11 is 1.96. The van der Waals surface area contributed by atoms with Gasteiger partial charge >= 0.3 is 0 Å². The maximum absolute atomic E-state index is 13.0. The van der Waals surface area contributed by atoms with Crippen molar-refractivity contribution in [2.45, 2.75) is 13.0 Å². The SMILES string of the molecule is NCc1cc(F)cnc1N1CCCSCC1. The van der Waals surface area contributed by atoms with Crippen LogP contribution in [0.3, 0.4) is 0 Å². The van der Waals surface area contributed by atoms with E-state index in [2.05, 4.69) is 9.88 Å². The molecule has 0 aromatic carbocycles. The monoisotopic (exact) mass is 241 g/mol. The predicted octanol–water partition coefficient (Wildman–Crippen LogP) is 1.62. The molecule has 0 unspecified atom stereocenters. The van der Waals surface area contributed by atoms with E-state index in [4.69, 9.17) is 5.73 Å². The smallest absolute Gasteiger partial charge is 0.141 e. The summed E-state index contributed by atoms with van der Waals surface area (Å²) in [6, 6.07) is 1.49. The van der Waals surface area contributed by atoms with E-state index in [1.54, 1.807) is 0 Å². The molecule has 0 radical (unpaired) electrons. The number of halogens is 1. The molecule has 1 aliphatic rings. The molecule has 5 heteroatoms. The molecule has 1 aliphatic heterocycles. The second-order valence-electron chi connectivity index (χ2n) is 3.79. The normalized spacial score (nSPS) is 17.2. The number of hydrogen-bond acceptors (Lipinski definition) is 4. The van der Waals surface area contributed by atoms with Crippen molar-refractivity contribution in [3.8, 4) is 0 Å². The van der Waals surface area contributed by atoms with E-state index in [1.165, 1.54) is 18.0 Å². The molecular weight excluding hydrogens is 225 g/mol. The number of rotatable bonds is 2. The van der Waals surface area contributed by atoms with Crippen LogP contribution in [0.2, 0.25) is 0 Å². The fourth-order valence-corrected chi connectivity index (χ4v) is 2.75. The van der Waals surface area contributed by atoms with Gasteiger partial charge in [-0.25, -0.2) is 9.37 Å². The molecule has 3 nitrogen and oxygen atoms in total. The molecule has 0 amide bonds. The molecule has 88 valence electrons. The minimum atomic E-state index is -0.312. The van der Waals surface area contributed by atoms with Crippen LogP contribution < -0.4 is 10.6 Å². The molecular formula is C11H16FN3S. The Morgan fingerprint density at radius 2 is 2.31 bits per heavy atom. The lowest BCUT2D eigenvalue weighted by atomic mass is 10.2. The Morgan fingerprint density at radius 3 is 3.12 bits per heavy atom. The number of hydrogen-bond donors (Lipinski definition) is 1. The van der Waals surface area contributed by atoms with Crippen molar-refractivity contribution in [1.82, 2.24) is 4.98 Å². The van der Waals surface area contributed by atoms with Crippen LogP contribution in [0.25, 0.3) is 0 Å². The average molecular weight is 241 g/mol. The standard InChI is InChI=1S/C11H16FN3S/c12-10-6-9(7-13)11(14-8-10)15-2-1-4-16-5-3-15/h6,8H,1-5,7,13H2. The fourth-order valence-electron chi connectivity index (χ4n) is 1.87. The third kappa shape index (κ3) is 2.65. The van der Waals surface area contributed by atoms with Crippen LogP contribution in [-0.4, -0.2) is 29.6 Å². The Morgan fingerprint density at radius 1 is 1.44 bits per heavy atom. The summed E-state index contributed by atoms with van der Waals surface area (Å²) in [5.74, 6) is 2.83. The van der Waals surface area contributed by atoms with Crippen molar-refractivity contribution < 1.29 is 4.39 Å². The molecule has 1 saturated heterocycles. The number of nitrogens with two attached hydrogens (primary N) is 1. The van der Waals surface area contributed by atoms with Gasteiger partial charge in [-0.15, -0.1) is 0 Å². The van der Waals surface area contributed by atoms with E-state index in [0.29, 0.717) is 6.54 Å². The van der Waals surface area contributed by atoms with Crippen LogP contribution in [0.15, 0.2) is 12.3 Å². The number of aromatic nitrogens is 1. The van der Waals surface area contributed by atoms with Crippen LogP contribution in [0.5, 0.6) is 0 Å². The van der Waals surface area contributed by atoms with Crippen molar-refractivity contribution in [1.29, 1.82) is 0 Å². The van der Waals surface area contributed by atoms with Gasteiger partial charge in [-0.3, -0.25) is 0 Å². The molecule has 0 atom stereocenters. The van der Waals surface area contributed by atoms with E-state index in [0.717, 1.165) is 36.6 Å². The summed E-state index contributed by atoms with van der Waals surface area (Å²) in [7, 11) is 0. The van der Waals surface area contributed by atoms with Crippen molar-refractivity contribution >= 4 is 17.6 Å². The highest BCUT2D eigenvalue weighted by Gasteiger charge is 2.14. The van der Waals surface area contributed by atoms with Crippen LogP contribution in [-0.2, 0) is 6.54 Å². The average Bonchev–Trinajstić information content (AvgIpc) is 2.57. The van der Waals surface area contributed by atoms with Gasteiger partial charge in [-0.1, -0.05) is 0 Å². The van der Waals surface area contributed by atoms with Crippen LogP contribution in [0.1, 0.15) is 12.0 Å². The molecule has 2 rings (SSSR count). The van der Waals surface area contributed by atoms with Crippen LogP contribution in [0, 0.1) is 5.82 Å². The van der Waals surface area contributed by atoms with E-state index >= 15 is 0 Å².